The molecule has 0 saturated heterocycles. The van der Waals surface area contributed by atoms with Crippen LogP contribution in [0, 0.1) is 0 Å². The van der Waals surface area contributed by atoms with E-state index in [4.69, 9.17) is 5.11 Å². The van der Waals surface area contributed by atoms with E-state index < -0.39 is 5.97 Å². The highest BCUT2D eigenvalue weighted by Crippen LogP contribution is 2.37. The molecule has 3 rings (SSSR count). The van der Waals surface area contributed by atoms with E-state index in [-0.39, 0.29) is 0 Å². The molecular formula is C14H13NO2S. The van der Waals surface area contributed by atoms with Crippen LogP contribution in [-0.2, 0) is 13.0 Å². The Morgan fingerprint density at radius 1 is 1.33 bits per heavy atom. The summed E-state index contributed by atoms with van der Waals surface area (Å²) in [6.45, 7) is 0.744. The minimum Gasteiger partial charge on any atom is -0.477 e. The second-order valence-corrected chi connectivity index (χ2v) is 5.74. The van der Waals surface area contributed by atoms with Crippen LogP contribution in [0.1, 0.15) is 16.1 Å². The number of carbonyl (C=O) groups is 1. The van der Waals surface area contributed by atoms with Crippen LogP contribution in [0.25, 0.3) is 0 Å². The van der Waals surface area contributed by atoms with Gasteiger partial charge in [-0.25, -0.2) is 4.79 Å². The van der Waals surface area contributed by atoms with Crippen LogP contribution in [0.3, 0.4) is 0 Å². The Labute approximate surface area is 109 Å². The Morgan fingerprint density at radius 3 is 2.94 bits per heavy atom. The van der Waals surface area contributed by atoms with Crippen molar-refractivity contribution in [3.8, 4) is 0 Å². The maximum absolute atomic E-state index is 11.0. The zero-order chi connectivity index (χ0) is 12.5. The number of benzene rings is 1. The van der Waals surface area contributed by atoms with Gasteiger partial charge in [-0.3, -0.25) is 0 Å². The summed E-state index contributed by atoms with van der Waals surface area (Å²) in [7, 11) is 0. The van der Waals surface area contributed by atoms with Crippen molar-refractivity contribution >= 4 is 17.7 Å². The average molecular weight is 259 g/mol. The second-order valence-electron chi connectivity index (χ2n) is 4.40. The predicted molar refractivity (Wildman–Crippen MR) is 71.2 cm³/mol. The molecule has 1 aromatic carbocycles. The SMILES string of the molecule is O=C(O)c1cccn1CC1Cc2ccccc2S1. The van der Waals surface area contributed by atoms with E-state index in [1.165, 1.54) is 10.5 Å². The van der Waals surface area contributed by atoms with Gasteiger partial charge in [-0.2, -0.15) is 0 Å². The molecular weight excluding hydrogens is 246 g/mol. The lowest BCUT2D eigenvalue weighted by atomic mass is 10.1. The van der Waals surface area contributed by atoms with E-state index in [0.717, 1.165) is 13.0 Å². The maximum atomic E-state index is 11.0. The molecule has 1 atom stereocenters. The summed E-state index contributed by atoms with van der Waals surface area (Å²) in [6, 6.07) is 11.8. The van der Waals surface area contributed by atoms with Crippen LogP contribution in [0.15, 0.2) is 47.5 Å². The van der Waals surface area contributed by atoms with Gasteiger partial charge in [0.05, 0.1) is 0 Å². The molecule has 18 heavy (non-hydrogen) atoms. The third-order valence-electron chi connectivity index (χ3n) is 3.16. The van der Waals surface area contributed by atoms with Crippen molar-refractivity contribution in [3.63, 3.8) is 0 Å². The predicted octanol–water partition coefficient (Wildman–Crippen LogP) is 2.90. The van der Waals surface area contributed by atoms with E-state index in [1.54, 1.807) is 12.1 Å². The highest BCUT2D eigenvalue weighted by molar-refractivity contribution is 8.00. The molecule has 0 saturated carbocycles. The number of fused-ring (bicyclic) bond motifs is 1. The van der Waals surface area contributed by atoms with Gasteiger partial charge in [-0.05, 0) is 30.2 Å². The molecule has 2 heterocycles. The first-order chi connectivity index (χ1) is 8.74. The molecule has 1 aliphatic heterocycles. The largest absolute Gasteiger partial charge is 0.477 e. The zero-order valence-corrected chi connectivity index (χ0v) is 10.6. The van der Waals surface area contributed by atoms with Gasteiger partial charge in [-0.15, -0.1) is 11.8 Å². The monoisotopic (exact) mass is 259 g/mol. The van der Waals surface area contributed by atoms with Crippen molar-refractivity contribution in [1.82, 2.24) is 4.57 Å². The lowest BCUT2D eigenvalue weighted by Crippen LogP contribution is -2.15. The summed E-state index contributed by atoms with van der Waals surface area (Å²) in [6.07, 6.45) is 2.85. The van der Waals surface area contributed by atoms with Gasteiger partial charge < -0.3 is 9.67 Å². The highest BCUT2D eigenvalue weighted by atomic mass is 32.2. The second kappa shape index (κ2) is 4.53. The topological polar surface area (TPSA) is 42.2 Å². The molecule has 1 aromatic heterocycles. The molecule has 0 radical (unpaired) electrons. The Hall–Kier alpha value is -1.68. The number of carboxylic acid groups (broad SMARTS) is 1. The normalized spacial score (nSPS) is 17.7. The fourth-order valence-electron chi connectivity index (χ4n) is 2.34. The standard InChI is InChI=1S/C14H13NO2S/c16-14(17)12-5-3-7-15(12)9-11-8-10-4-1-2-6-13(10)18-11/h1-7,11H,8-9H2,(H,16,17). The Morgan fingerprint density at radius 2 is 2.17 bits per heavy atom. The van der Waals surface area contributed by atoms with E-state index in [1.807, 2.05) is 28.6 Å². The number of nitrogens with zero attached hydrogens (tertiary/aromatic N) is 1. The summed E-state index contributed by atoms with van der Waals surface area (Å²) >= 11 is 1.84. The molecule has 1 unspecified atom stereocenters. The van der Waals surface area contributed by atoms with Gasteiger partial charge in [0.2, 0.25) is 0 Å². The van der Waals surface area contributed by atoms with Crippen molar-refractivity contribution in [2.24, 2.45) is 0 Å². The van der Waals surface area contributed by atoms with Crippen molar-refractivity contribution in [2.75, 3.05) is 0 Å². The number of aromatic nitrogens is 1. The van der Waals surface area contributed by atoms with Gasteiger partial charge >= 0.3 is 5.97 Å². The van der Waals surface area contributed by atoms with Crippen LogP contribution in [0.2, 0.25) is 0 Å². The Bertz CT molecular complexity index is 566. The van der Waals surface area contributed by atoms with E-state index in [2.05, 4.69) is 18.2 Å². The number of carboxylic acids is 1. The van der Waals surface area contributed by atoms with E-state index >= 15 is 0 Å². The summed E-state index contributed by atoms with van der Waals surface area (Å²) in [5, 5.41) is 9.50. The quantitative estimate of drug-likeness (QED) is 0.921. The van der Waals surface area contributed by atoms with Crippen LogP contribution in [0.5, 0.6) is 0 Å². The number of thioether (sulfide) groups is 1. The molecule has 92 valence electrons. The molecule has 0 aliphatic carbocycles. The molecule has 1 aliphatic rings. The first kappa shape index (κ1) is 11.4. The minimum atomic E-state index is -0.861. The fourth-order valence-corrected chi connectivity index (χ4v) is 3.66. The Balaban J connectivity index is 1.76. The summed E-state index contributed by atoms with van der Waals surface area (Å²) in [5.74, 6) is -0.861. The first-order valence-electron chi connectivity index (χ1n) is 5.87. The molecule has 0 bridgehead atoms. The van der Waals surface area contributed by atoms with Crippen LogP contribution < -0.4 is 0 Å². The molecule has 2 aromatic rings. The van der Waals surface area contributed by atoms with Gasteiger partial charge in [0, 0.05) is 22.9 Å². The smallest absolute Gasteiger partial charge is 0.352 e. The molecule has 3 nitrogen and oxygen atoms in total. The van der Waals surface area contributed by atoms with E-state index in [9.17, 15) is 4.79 Å². The summed E-state index contributed by atoms with van der Waals surface area (Å²) in [5.41, 5.74) is 1.74. The lowest BCUT2D eigenvalue weighted by Gasteiger charge is -2.11. The van der Waals surface area contributed by atoms with Crippen molar-refractivity contribution < 1.29 is 9.90 Å². The van der Waals surface area contributed by atoms with Crippen molar-refractivity contribution in [3.05, 3.63) is 53.9 Å². The zero-order valence-electron chi connectivity index (χ0n) is 9.74. The third-order valence-corrected chi connectivity index (χ3v) is 4.46. The highest BCUT2D eigenvalue weighted by Gasteiger charge is 2.23. The summed E-state index contributed by atoms with van der Waals surface area (Å²) < 4.78 is 1.83. The van der Waals surface area contributed by atoms with Gasteiger partial charge in [0.25, 0.3) is 0 Å². The number of aromatic carboxylic acids is 1. The summed E-state index contributed by atoms with van der Waals surface area (Å²) in [4.78, 5) is 12.4. The first-order valence-corrected chi connectivity index (χ1v) is 6.75. The molecule has 4 heteroatoms. The van der Waals surface area contributed by atoms with Crippen molar-refractivity contribution in [2.45, 2.75) is 23.1 Å². The number of hydrogen-bond acceptors (Lipinski definition) is 2. The maximum Gasteiger partial charge on any atom is 0.352 e. The molecule has 0 fully saturated rings. The van der Waals surface area contributed by atoms with Crippen LogP contribution >= 0.6 is 11.8 Å². The van der Waals surface area contributed by atoms with Gasteiger partial charge in [0.1, 0.15) is 5.69 Å². The molecule has 0 spiro atoms. The Kier molecular flexibility index (Phi) is 2.88. The van der Waals surface area contributed by atoms with Crippen molar-refractivity contribution in [1.29, 1.82) is 0 Å². The number of rotatable bonds is 3. The van der Waals surface area contributed by atoms with Crippen LogP contribution in [0.4, 0.5) is 0 Å². The van der Waals surface area contributed by atoms with Gasteiger partial charge in [0.15, 0.2) is 0 Å². The lowest BCUT2D eigenvalue weighted by molar-refractivity contribution is 0.0685. The van der Waals surface area contributed by atoms with Gasteiger partial charge in [-0.1, -0.05) is 18.2 Å². The fraction of sp³-hybridized carbons (Fsp3) is 0.214. The molecule has 1 N–H and O–H groups in total. The third kappa shape index (κ3) is 2.04. The average Bonchev–Trinajstić information content (AvgIpc) is 2.94. The van der Waals surface area contributed by atoms with E-state index in [0.29, 0.717) is 10.9 Å². The minimum absolute atomic E-state index is 0.367. The number of hydrogen-bond donors (Lipinski definition) is 1. The molecule has 0 amide bonds. The van der Waals surface area contributed by atoms with Crippen LogP contribution in [-0.4, -0.2) is 20.9 Å².